The third-order valence-corrected chi connectivity index (χ3v) is 4.77. The van der Waals surface area contributed by atoms with Crippen molar-refractivity contribution in [2.75, 3.05) is 19.7 Å². The Kier molecular flexibility index (Phi) is 8.77. The minimum absolute atomic E-state index is 0.00571. The fourth-order valence-electron chi connectivity index (χ4n) is 3.17. The molecule has 0 spiro atoms. The highest BCUT2D eigenvalue weighted by molar-refractivity contribution is 5.81. The molecule has 30 heavy (non-hydrogen) atoms. The molecule has 0 radical (unpaired) electrons. The molecule has 1 aromatic carbocycles. The van der Waals surface area contributed by atoms with E-state index in [0.717, 1.165) is 29.4 Å². The summed E-state index contributed by atoms with van der Waals surface area (Å²) >= 11 is 0. The zero-order chi connectivity index (χ0) is 22.1. The van der Waals surface area contributed by atoms with Crippen LogP contribution in [0.15, 0.2) is 41.2 Å². The largest absolute Gasteiger partial charge is 0.456 e. The summed E-state index contributed by atoms with van der Waals surface area (Å²) in [7, 11) is 0. The first-order valence-electron chi connectivity index (χ1n) is 10.4. The normalized spacial score (nSPS) is 10.8. The molecule has 0 aliphatic rings. The third kappa shape index (κ3) is 6.27. The highest BCUT2D eigenvalue weighted by Crippen LogP contribution is 2.12. The summed E-state index contributed by atoms with van der Waals surface area (Å²) in [6, 6.07) is 7.50. The number of hydrogen-bond donors (Lipinski definition) is 0. The smallest absolute Gasteiger partial charge is 0.306 e. The minimum Gasteiger partial charge on any atom is -0.456 e. The number of carbonyl (C=O) groups excluding carboxylic acids is 2. The Balaban J connectivity index is 2.03. The number of amides is 1. The maximum absolute atomic E-state index is 12.9. The molecule has 1 heterocycles. The van der Waals surface area contributed by atoms with Gasteiger partial charge in [-0.05, 0) is 32.4 Å². The average Bonchev–Trinajstić information content (AvgIpc) is 2.73. The second-order valence-electron chi connectivity index (χ2n) is 7.38. The van der Waals surface area contributed by atoms with E-state index in [-0.39, 0.29) is 30.9 Å². The van der Waals surface area contributed by atoms with Crippen LogP contribution in [0.5, 0.6) is 0 Å². The van der Waals surface area contributed by atoms with Crippen molar-refractivity contribution in [3.63, 3.8) is 0 Å². The summed E-state index contributed by atoms with van der Waals surface area (Å²) < 4.78 is 6.84. The van der Waals surface area contributed by atoms with E-state index in [1.807, 2.05) is 38.1 Å². The Bertz CT molecular complexity index is 965. The van der Waals surface area contributed by atoms with Crippen molar-refractivity contribution < 1.29 is 14.3 Å². The van der Waals surface area contributed by atoms with Crippen LogP contribution in [0.25, 0.3) is 11.0 Å². The summed E-state index contributed by atoms with van der Waals surface area (Å²) in [5, 5.41) is 0. The molecule has 7 heteroatoms. The Labute approximate surface area is 177 Å². The number of unbranched alkanes of at least 4 members (excludes halogenated alkanes) is 1. The van der Waals surface area contributed by atoms with Crippen molar-refractivity contribution in [1.82, 2.24) is 14.5 Å². The number of ether oxygens (including phenoxy) is 1. The number of aromatic nitrogens is 2. The van der Waals surface area contributed by atoms with Gasteiger partial charge in [-0.2, -0.15) is 0 Å². The molecular formula is C23H31N3O4. The number of hydrogen-bond acceptors (Lipinski definition) is 5. The fourth-order valence-corrected chi connectivity index (χ4v) is 3.17. The Morgan fingerprint density at radius 3 is 2.63 bits per heavy atom. The number of nitrogens with zero attached hydrogens (tertiary/aromatic N) is 3. The van der Waals surface area contributed by atoms with Crippen LogP contribution in [-0.2, 0) is 27.3 Å². The number of likely N-dealkylation sites (N-methyl/N-ethyl adjacent to an activating group) is 1. The highest BCUT2D eigenvalue weighted by atomic mass is 16.5. The van der Waals surface area contributed by atoms with Gasteiger partial charge in [0.15, 0.2) is 6.61 Å². The van der Waals surface area contributed by atoms with E-state index in [2.05, 4.69) is 18.5 Å². The molecule has 0 bridgehead atoms. The third-order valence-electron chi connectivity index (χ3n) is 4.77. The molecule has 1 aromatic heterocycles. The average molecular weight is 414 g/mol. The van der Waals surface area contributed by atoms with Gasteiger partial charge in [-0.15, -0.1) is 0 Å². The molecule has 0 saturated heterocycles. The van der Waals surface area contributed by atoms with E-state index in [0.29, 0.717) is 25.3 Å². The Morgan fingerprint density at radius 2 is 1.97 bits per heavy atom. The van der Waals surface area contributed by atoms with Gasteiger partial charge in [-0.25, -0.2) is 4.98 Å². The molecule has 2 rings (SSSR count). The number of para-hydroxylation sites is 2. The molecule has 7 nitrogen and oxygen atoms in total. The van der Waals surface area contributed by atoms with E-state index >= 15 is 0 Å². The van der Waals surface area contributed by atoms with Gasteiger partial charge in [0.2, 0.25) is 0 Å². The molecule has 1 amide bonds. The van der Waals surface area contributed by atoms with Crippen molar-refractivity contribution in [3.05, 3.63) is 52.5 Å². The molecule has 162 valence electrons. The van der Waals surface area contributed by atoms with Crippen LogP contribution >= 0.6 is 0 Å². The van der Waals surface area contributed by atoms with Crippen molar-refractivity contribution in [3.8, 4) is 0 Å². The van der Waals surface area contributed by atoms with Crippen molar-refractivity contribution in [2.24, 2.45) is 0 Å². The van der Waals surface area contributed by atoms with Crippen molar-refractivity contribution in [1.29, 1.82) is 0 Å². The second-order valence-corrected chi connectivity index (χ2v) is 7.38. The van der Waals surface area contributed by atoms with Crippen LogP contribution < -0.4 is 5.56 Å². The first-order valence-corrected chi connectivity index (χ1v) is 10.4. The summed E-state index contributed by atoms with van der Waals surface area (Å²) in [6.07, 6.45) is 2.02. The Hall–Kier alpha value is -2.96. The molecule has 0 fully saturated rings. The maximum atomic E-state index is 12.9. The molecule has 0 aliphatic carbocycles. The SMILES string of the molecule is C=C(C)CN(CC)C(=O)COC(=O)CCc1nc2ccccc2n(CCCC)c1=O. The van der Waals surface area contributed by atoms with Gasteiger partial charge in [0.25, 0.3) is 11.5 Å². The van der Waals surface area contributed by atoms with E-state index in [4.69, 9.17) is 4.74 Å². The minimum atomic E-state index is -0.524. The lowest BCUT2D eigenvalue weighted by molar-refractivity contribution is -0.151. The van der Waals surface area contributed by atoms with Crippen LogP contribution in [0.2, 0.25) is 0 Å². The van der Waals surface area contributed by atoms with E-state index < -0.39 is 5.97 Å². The second kappa shape index (κ2) is 11.3. The zero-order valence-electron chi connectivity index (χ0n) is 18.1. The number of carbonyl (C=O) groups is 2. The standard InChI is InChI=1S/C23H31N3O4/c1-5-7-14-26-20-11-9-8-10-18(20)24-19(23(26)29)12-13-22(28)30-16-21(27)25(6-2)15-17(3)4/h8-11H,3,5-7,12-16H2,1-2,4H3. The molecule has 2 aromatic rings. The lowest BCUT2D eigenvalue weighted by Gasteiger charge is -2.20. The summed E-state index contributed by atoms with van der Waals surface area (Å²) in [5.74, 6) is -0.788. The maximum Gasteiger partial charge on any atom is 0.306 e. The predicted molar refractivity (Wildman–Crippen MR) is 117 cm³/mol. The van der Waals surface area contributed by atoms with E-state index in [9.17, 15) is 14.4 Å². The van der Waals surface area contributed by atoms with Crippen molar-refractivity contribution in [2.45, 2.75) is 53.0 Å². The van der Waals surface area contributed by atoms with Gasteiger partial charge in [0.1, 0.15) is 5.69 Å². The summed E-state index contributed by atoms with van der Waals surface area (Å²) in [6.45, 7) is 10.8. The lowest BCUT2D eigenvalue weighted by Crippen LogP contribution is -2.35. The van der Waals surface area contributed by atoms with Crippen molar-refractivity contribution >= 4 is 22.9 Å². The lowest BCUT2D eigenvalue weighted by atomic mass is 10.2. The summed E-state index contributed by atoms with van der Waals surface area (Å²) in [4.78, 5) is 43.2. The van der Waals surface area contributed by atoms with Gasteiger partial charge < -0.3 is 14.2 Å². The number of fused-ring (bicyclic) bond motifs is 1. The summed E-state index contributed by atoms with van der Waals surface area (Å²) in [5.41, 5.74) is 2.55. The monoisotopic (exact) mass is 413 g/mol. The van der Waals surface area contributed by atoms with Crippen LogP contribution in [-0.4, -0.2) is 46.0 Å². The Morgan fingerprint density at radius 1 is 1.23 bits per heavy atom. The van der Waals surface area contributed by atoms with Gasteiger partial charge >= 0.3 is 5.97 Å². The van der Waals surface area contributed by atoms with Gasteiger partial charge in [0, 0.05) is 26.1 Å². The zero-order valence-corrected chi connectivity index (χ0v) is 18.1. The van der Waals surface area contributed by atoms with Crippen LogP contribution in [0.4, 0.5) is 0 Å². The molecule has 0 N–H and O–H groups in total. The van der Waals surface area contributed by atoms with Crippen LogP contribution in [0.1, 0.15) is 45.7 Å². The van der Waals surface area contributed by atoms with Crippen LogP contribution in [0.3, 0.4) is 0 Å². The molecule has 0 aliphatic heterocycles. The number of rotatable bonds is 11. The van der Waals surface area contributed by atoms with E-state index in [1.54, 1.807) is 9.47 Å². The number of aryl methyl sites for hydroxylation is 2. The highest BCUT2D eigenvalue weighted by Gasteiger charge is 2.16. The molecule has 0 atom stereocenters. The molecule has 0 saturated carbocycles. The first kappa shape index (κ1) is 23.3. The molecule has 0 unspecified atom stereocenters. The topological polar surface area (TPSA) is 81.5 Å². The van der Waals surface area contributed by atoms with Gasteiger partial charge in [-0.1, -0.05) is 37.6 Å². The number of esters is 1. The van der Waals surface area contributed by atoms with Crippen LogP contribution in [0, 0.1) is 0 Å². The van der Waals surface area contributed by atoms with Gasteiger partial charge in [-0.3, -0.25) is 14.4 Å². The first-order chi connectivity index (χ1) is 14.4. The predicted octanol–water partition coefficient (Wildman–Crippen LogP) is 3.10. The van der Waals surface area contributed by atoms with E-state index in [1.165, 1.54) is 0 Å². The quantitative estimate of drug-likeness (QED) is 0.418. The molecular weight excluding hydrogens is 382 g/mol. The van der Waals surface area contributed by atoms with Gasteiger partial charge in [0.05, 0.1) is 17.5 Å². The number of benzene rings is 1. The fraction of sp³-hybridized carbons (Fsp3) is 0.478.